The van der Waals surface area contributed by atoms with Crippen molar-refractivity contribution in [2.24, 2.45) is 0 Å². The molecule has 4 aromatic rings. The molecule has 1 fully saturated rings. The Morgan fingerprint density at radius 2 is 1.64 bits per heavy atom. The summed E-state index contributed by atoms with van der Waals surface area (Å²) in [7, 11) is 6.05. The number of ether oxygens (including phenoxy) is 1. The zero-order chi connectivity index (χ0) is 24.9. The maximum atomic E-state index is 5.40. The van der Waals surface area contributed by atoms with Gasteiger partial charge >= 0.3 is 0 Å². The summed E-state index contributed by atoms with van der Waals surface area (Å²) >= 11 is 1.77. The van der Waals surface area contributed by atoms with Crippen molar-refractivity contribution in [3.8, 4) is 0 Å². The topological polar surface area (TPSA) is 53.5 Å². The van der Waals surface area contributed by atoms with Gasteiger partial charge in [-0.1, -0.05) is 60.3 Å². The molecule has 3 aromatic carbocycles. The number of anilines is 2. The van der Waals surface area contributed by atoms with E-state index in [4.69, 9.17) is 14.7 Å². The van der Waals surface area contributed by atoms with E-state index in [1.54, 1.807) is 18.9 Å². The van der Waals surface area contributed by atoms with E-state index in [0.717, 1.165) is 36.2 Å². The summed E-state index contributed by atoms with van der Waals surface area (Å²) in [6.07, 6.45) is 1.14. The van der Waals surface area contributed by atoms with E-state index in [2.05, 4.69) is 95.9 Å². The summed E-state index contributed by atoms with van der Waals surface area (Å²) in [5, 5.41) is 4.62. The van der Waals surface area contributed by atoms with Crippen molar-refractivity contribution >= 4 is 34.4 Å². The van der Waals surface area contributed by atoms with E-state index in [1.165, 1.54) is 20.9 Å². The number of likely N-dealkylation sites (N-methyl/N-ethyl adjacent to an activating group) is 1. The highest BCUT2D eigenvalue weighted by molar-refractivity contribution is 7.99. The fourth-order valence-corrected chi connectivity index (χ4v) is 5.72. The molecule has 0 radical (unpaired) electrons. The molecule has 1 atom stereocenters. The molecule has 0 spiro atoms. The smallest absolute Gasteiger partial charge is 0.225 e. The van der Waals surface area contributed by atoms with Gasteiger partial charge in [0.2, 0.25) is 5.95 Å². The van der Waals surface area contributed by atoms with Crippen LogP contribution in [-0.4, -0.2) is 55.2 Å². The lowest BCUT2D eigenvalue weighted by Gasteiger charge is -2.22. The van der Waals surface area contributed by atoms with Crippen molar-refractivity contribution in [2.75, 3.05) is 44.5 Å². The predicted molar refractivity (Wildman–Crippen MR) is 149 cm³/mol. The lowest BCUT2D eigenvalue weighted by atomic mass is 10.2. The number of nitrogens with one attached hydrogen (secondary N) is 1. The van der Waals surface area contributed by atoms with Gasteiger partial charge in [-0.2, -0.15) is 4.98 Å². The molecule has 5 rings (SSSR count). The molecule has 36 heavy (non-hydrogen) atoms. The second-order valence-corrected chi connectivity index (χ2v) is 10.4. The Morgan fingerprint density at radius 3 is 2.39 bits per heavy atom. The van der Waals surface area contributed by atoms with E-state index >= 15 is 0 Å². The molecule has 0 unspecified atom stereocenters. The highest BCUT2D eigenvalue weighted by atomic mass is 32.2. The first-order valence-corrected chi connectivity index (χ1v) is 13.2. The SMILES string of the molecule is COCc1ccccc1Sc1ccccc1CNc1nc(N2CC[C@@H](N(C)C)C2)c2ccccc2n1. The maximum absolute atomic E-state index is 5.40. The standard InChI is InChI=1S/C29H33N5OS/c1-33(2)23-16-17-34(19-23)28-24-12-6-7-13-25(24)31-29(32-28)30-18-21-10-4-8-14-26(21)36-27-15-9-5-11-22(27)20-35-3/h4-15,23H,16-20H2,1-3H3,(H,30,31,32)/t23-/m1/s1. The molecule has 1 N–H and O–H groups in total. The molecule has 0 aliphatic carbocycles. The van der Waals surface area contributed by atoms with Gasteiger partial charge in [0.1, 0.15) is 5.82 Å². The lowest BCUT2D eigenvalue weighted by Crippen LogP contribution is -2.31. The minimum Gasteiger partial charge on any atom is -0.380 e. The Kier molecular flexibility index (Phi) is 7.70. The Balaban J connectivity index is 1.39. The largest absolute Gasteiger partial charge is 0.380 e. The van der Waals surface area contributed by atoms with Crippen molar-refractivity contribution < 1.29 is 4.74 Å². The van der Waals surface area contributed by atoms with Gasteiger partial charge in [-0.3, -0.25) is 0 Å². The Hall–Kier alpha value is -3.13. The summed E-state index contributed by atoms with van der Waals surface area (Å²) in [6, 6.07) is 25.8. The monoisotopic (exact) mass is 499 g/mol. The van der Waals surface area contributed by atoms with Gasteiger partial charge in [0.05, 0.1) is 12.1 Å². The highest BCUT2D eigenvalue weighted by Gasteiger charge is 2.26. The van der Waals surface area contributed by atoms with Crippen LogP contribution in [0.4, 0.5) is 11.8 Å². The summed E-state index contributed by atoms with van der Waals surface area (Å²) < 4.78 is 5.40. The van der Waals surface area contributed by atoms with Crippen molar-refractivity contribution in [3.05, 3.63) is 83.9 Å². The highest BCUT2D eigenvalue weighted by Crippen LogP contribution is 2.34. The fraction of sp³-hybridized carbons (Fsp3) is 0.310. The van der Waals surface area contributed by atoms with Gasteiger partial charge in [-0.15, -0.1) is 0 Å². The summed E-state index contributed by atoms with van der Waals surface area (Å²) in [6.45, 7) is 3.23. The molecule has 7 heteroatoms. The second kappa shape index (κ2) is 11.3. The van der Waals surface area contributed by atoms with Crippen LogP contribution in [0.3, 0.4) is 0 Å². The van der Waals surface area contributed by atoms with Crippen LogP contribution in [0.1, 0.15) is 17.5 Å². The molecular weight excluding hydrogens is 466 g/mol. The molecular formula is C29H33N5OS. The number of para-hydroxylation sites is 1. The molecule has 186 valence electrons. The average Bonchev–Trinajstić information content (AvgIpc) is 3.40. The third-order valence-corrected chi connectivity index (χ3v) is 7.91. The summed E-state index contributed by atoms with van der Waals surface area (Å²) in [4.78, 5) is 17.0. The van der Waals surface area contributed by atoms with Gasteiger partial charge in [0, 0.05) is 48.0 Å². The molecule has 1 aliphatic heterocycles. The lowest BCUT2D eigenvalue weighted by molar-refractivity contribution is 0.183. The number of hydrogen-bond donors (Lipinski definition) is 1. The number of nitrogens with zero attached hydrogens (tertiary/aromatic N) is 4. The number of hydrogen-bond acceptors (Lipinski definition) is 7. The number of methoxy groups -OCH3 is 1. The fourth-order valence-electron chi connectivity index (χ4n) is 4.66. The molecule has 1 saturated heterocycles. The Morgan fingerprint density at radius 1 is 0.944 bits per heavy atom. The Bertz CT molecular complexity index is 1330. The number of benzene rings is 3. The van der Waals surface area contributed by atoms with Crippen molar-refractivity contribution in [1.29, 1.82) is 0 Å². The van der Waals surface area contributed by atoms with E-state index < -0.39 is 0 Å². The predicted octanol–water partition coefficient (Wildman–Crippen LogP) is 5.68. The molecule has 0 bridgehead atoms. The second-order valence-electron chi connectivity index (χ2n) is 9.34. The Labute approximate surface area is 217 Å². The van der Waals surface area contributed by atoms with Crippen LogP contribution >= 0.6 is 11.8 Å². The first kappa shape index (κ1) is 24.6. The number of fused-ring (bicyclic) bond motifs is 1. The van der Waals surface area contributed by atoms with E-state index in [9.17, 15) is 0 Å². The van der Waals surface area contributed by atoms with Gasteiger partial charge < -0.3 is 19.9 Å². The molecule has 0 amide bonds. The average molecular weight is 500 g/mol. The molecule has 1 aliphatic rings. The van der Waals surface area contributed by atoms with Crippen molar-refractivity contribution in [2.45, 2.75) is 35.4 Å². The van der Waals surface area contributed by atoms with Crippen LogP contribution in [-0.2, 0) is 17.9 Å². The first-order valence-electron chi connectivity index (χ1n) is 12.4. The van der Waals surface area contributed by atoms with Crippen molar-refractivity contribution in [1.82, 2.24) is 14.9 Å². The number of aromatic nitrogens is 2. The maximum Gasteiger partial charge on any atom is 0.225 e. The third-order valence-electron chi connectivity index (χ3n) is 6.68. The minimum absolute atomic E-state index is 0.542. The molecule has 2 heterocycles. The first-order chi connectivity index (χ1) is 17.6. The van der Waals surface area contributed by atoms with Crippen LogP contribution in [0.5, 0.6) is 0 Å². The minimum atomic E-state index is 0.542. The summed E-state index contributed by atoms with van der Waals surface area (Å²) in [5.41, 5.74) is 3.37. The van der Waals surface area contributed by atoms with Gasteiger partial charge in [-0.25, -0.2) is 4.98 Å². The van der Waals surface area contributed by atoms with Crippen LogP contribution < -0.4 is 10.2 Å². The quantitative estimate of drug-likeness (QED) is 0.318. The summed E-state index contributed by atoms with van der Waals surface area (Å²) in [5.74, 6) is 1.68. The van der Waals surface area contributed by atoms with E-state index in [1.807, 2.05) is 6.07 Å². The zero-order valence-electron chi connectivity index (χ0n) is 21.1. The number of rotatable bonds is 9. The van der Waals surface area contributed by atoms with Crippen molar-refractivity contribution in [3.63, 3.8) is 0 Å². The van der Waals surface area contributed by atoms with Crippen LogP contribution in [0, 0.1) is 0 Å². The van der Waals surface area contributed by atoms with E-state index in [0.29, 0.717) is 25.1 Å². The van der Waals surface area contributed by atoms with Gasteiger partial charge in [-0.05, 0) is 55.9 Å². The van der Waals surface area contributed by atoms with Crippen LogP contribution in [0.2, 0.25) is 0 Å². The van der Waals surface area contributed by atoms with E-state index in [-0.39, 0.29) is 0 Å². The van der Waals surface area contributed by atoms with Crippen LogP contribution in [0.25, 0.3) is 10.9 Å². The molecule has 6 nitrogen and oxygen atoms in total. The normalized spacial score (nSPS) is 15.7. The van der Waals surface area contributed by atoms with Gasteiger partial charge in [0.15, 0.2) is 0 Å². The van der Waals surface area contributed by atoms with Crippen LogP contribution in [0.15, 0.2) is 82.6 Å². The van der Waals surface area contributed by atoms with Gasteiger partial charge in [0.25, 0.3) is 0 Å². The third kappa shape index (κ3) is 5.48. The molecule has 1 aromatic heterocycles. The molecule has 0 saturated carbocycles. The zero-order valence-corrected chi connectivity index (χ0v) is 22.0.